The molecule has 0 amide bonds. The normalized spacial score (nSPS) is 12.2. The fraction of sp³-hybridized carbons (Fsp3) is 0.278. The van der Waals surface area contributed by atoms with E-state index in [2.05, 4.69) is 20.4 Å². The Balaban J connectivity index is 1.88. The molecule has 154 valence electrons. The molecule has 0 fully saturated rings. The van der Waals surface area contributed by atoms with Gasteiger partial charge in [-0.3, -0.25) is 4.68 Å². The molecule has 4 N–H and O–H groups in total. The highest BCUT2D eigenvalue weighted by Crippen LogP contribution is 2.28. The van der Waals surface area contributed by atoms with Gasteiger partial charge in [-0.15, -0.1) is 0 Å². The van der Waals surface area contributed by atoms with Gasteiger partial charge in [0.2, 0.25) is 16.0 Å². The van der Waals surface area contributed by atoms with Crippen molar-refractivity contribution in [2.45, 2.75) is 37.8 Å². The number of anilines is 2. The highest BCUT2D eigenvalue weighted by Gasteiger charge is 2.16. The Morgan fingerprint density at radius 3 is 2.66 bits per heavy atom. The minimum Gasteiger partial charge on any atom is -0.389 e. The van der Waals surface area contributed by atoms with Crippen LogP contribution in [-0.4, -0.2) is 38.9 Å². The molecule has 0 atom stereocenters. The number of primary sulfonamides is 1. The Morgan fingerprint density at radius 1 is 1.31 bits per heavy atom. The minimum atomic E-state index is -3.78. The quantitative estimate of drug-likeness (QED) is 0.539. The number of nitrogens with two attached hydrogens (primary N) is 1. The summed E-state index contributed by atoms with van der Waals surface area (Å²) < 4.78 is 24.6. The molecule has 9 nitrogen and oxygen atoms in total. The Morgan fingerprint density at radius 2 is 2.03 bits per heavy atom. The van der Waals surface area contributed by atoms with Crippen LogP contribution in [0.4, 0.5) is 11.6 Å². The maximum absolute atomic E-state index is 11.5. The molecule has 2 aromatic heterocycles. The lowest BCUT2D eigenvalue weighted by molar-refractivity contribution is 0.0577. The maximum atomic E-state index is 11.5. The van der Waals surface area contributed by atoms with E-state index < -0.39 is 15.6 Å². The van der Waals surface area contributed by atoms with Crippen molar-refractivity contribution < 1.29 is 13.5 Å². The number of nitrogens with one attached hydrogen (secondary N) is 1. The molecule has 11 heteroatoms. The number of rotatable bonds is 6. The molecule has 29 heavy (non-hydrogen) atoms. The van der Waals surface area contributed by atoms with E-state index in [1.54, 1.807) is 43.9 Å². The number of aromatic nitrogens is 4. The molecule has 0 radical (unpaired) electrons. The first-order chi connectivity index (χ1) is 13.4. The van der Waals surface area contributed by atoms with Gasteiger partial charge >= 0.3 is 0 Å². The van der Waals surface area contributed by atoms with E-state index in [-0.39, 0.29) is 10.8 Å². The van der Waals surface area contributed by atoms with E-state index in [9.17, 15) is 13.5 Å². The lowest BCUT2D eigenvalue weighted by atomic mass is 10.1. The summed E-state index contributed by atoms with van der Waals surface area (Å²) in [6, 6.07) is 4.46. The van der Waals surface area contributed by atoms with Crippen LogP contribution in [0.1, 0.15) is 19.4 Å². The van der Waals surface area contributed by atoms with Gasteiger partial charge < -0.3 is 10.4 Å². The van der Waals surface area contributed by atoms with Gasteiger partial charge in [-0.1, -0.05) is 11.6 Å². The Bertz CT molecular complexity index is 1150. The summed E-state index contributed by atoms with van der Waals surface area (Å²) in [7, 11) is -3.78. The summed E-state index contributed by atoms with van der Waals surface area (Å²) in [5.41, 5.74) is 1.53. The second-order valence-electron chi connectivity index (χ2n) is 7.28. The van der Waals surface area contributed by atoms with Crippen LogP contribution in [0.2, 0.25) is 5.02 Å². The summed E-state index contributed by atoms with van der Waals surface area (Å²) in [6.07, 6.45) is 4.81. The van der Waals surface area contributed by atoms with Crippen LogP contribution in [0.15, 0.2) is 41.7 Å². The number of hydrogen-bond acceptors (Lipinski definition) is 7. The van der Waals surface area contributed by atoms with Crippen molar-refractivity contribution >= 4 is 33.3 Å². The number of nitrogens with zero attached hydrogens (tertiary/aromatic N) is 4. The summed E-state index contributed by atoms with van der Waals surface area (Å²) >= 11 is 6.26. The van der Waals surface area contributed by atoms with Crippen LogP contribution in [-0.2, 0) is 16.6 Å². The largest absolute Gasteiger partial charge is 0.389 e. The smallest absolute Gasteiger partial charge is 0.238 e. The van der Waals surface area contributed by atoms with E-state index in [4.69, 9.17) is 16.7 Å². The molecule has 0 spiro atoms. The standard InChI is InChI=1S/C18H21ClN6O3S/c1-11-6-13(29(20,27)28)4-5-15(11)23-17-21-8-14(19)16(24-17)12-7-22-25(9-12)10-18(2,3)26/h4-9,26H,10H2,1-3H3,(H2,20,27,28)(H,21,23,24). The van der Waals surface area contributed by atoms with Crippen LogP contribution >= 0.6 is 11.6 Å². The number of sulfonamides is 1. The number of hydrogen-bond donors (Lipinski definition) is 3. The molecule has 0 aliphatic carbocycles. The van der Waals surface area contributed by atoms with E-state index in [1.165, 1.54) is 18.3 Å². The molecule has 2 heterocycles. The van der Waals surface area contributed by atoms with Gasteiger partial charge in [-0.25, -0.2) is 23.5 Å². The Kier molecular flexibility index (Phi) is 5.63. The van der Waals surface area contributed by atoms with Crippen LogP contribution < -0.4 is 10.5 Å². The molecule has 1 aromatic carbocycles. The summed E-state index contributed by atoms with van der Waals surface area (Å²) in [4.78, 5) is 8.65. The highest BCUT2D eigenvalue weighted by molar-refractivity contribution is 7.89. The van der Waals surface area contributed by atoms with E-state index in [1.807, 2.05) is 0 Å². The zero-order valence-corrected chi connectivity index (χ0v) is 17.7. The van der Waals surface area contributed by atoms with Gasteiger partial charge in [0.25, 0.3) is 0 Å². The summed E-state index contributed by atoms with van der Waals surface area (Å²) in [6.45, 7) is 5.44. The van der Waals surface area contributed by atoms with Crippen molar-refractivity contribution in [2.24, 2.45) is 5.14 Å². The van der Waals surface area contributed by atoms with Crippen molar-refractivity contribution in [2.75, 3.05) is 5.32 Å². The van der Waals surface area contributed by atoms with Gasteiger partial charge in [-0.2, -0.15) is 5.10 Å². The maximum Gasteiger partial charge on any atom is 0.238 e. The molecular weight excluding hydrogens is 416 g/mol. The van der Waals surface area contributed by atoms with E-state index >= 15 is 0 Å². The SMILES string of the molecule is Cc1cc(S(N)(=O)=O)ccc1Nc1ncc(Cl)c(-c2cnn(CC(C)(C)O)c2)n1. The summed E-state index contributed by atoms with van der Waals surface area (Å²) in [5, 5.41) is 22.7. The predicted molar refractivity (Wildman–Crippen MR) is 110 cm³/mol. The zero-order chi connectivity index (χ0) is 21.4. The highest BCUT2D eigenvalue weighted by atomic mass is 35.5. The molecule has 0 bridgehead atoms. The second-order valence-corrected chi connectivity index (χ2v) is 9.24. The molecule has 0 aliphatic heterocycles. The third kappa shape index (κ3) is 5.30. The van der Waals surface area contributed by atoms with Gasteiger partial charge in [0, 0.05) is 17.4 Å². The van der Waals surface area contributed by atoms with Gasteiger partial charge in [0.15, 0.2) is 0 Å². The lowest BCUT2D eigenvalue weighted by Crippen LogP contribution is -2.26. The second kappa shape index (κ2) is 7.71. The van der Waals surface area contributed by atoms with Crippen molar-refractivity contribution in [3.63, 3.8) is 0 Å². The van der Waals surface area contributed by atoms with Gasteiger partial charge in [-0.05, 0) is 44.5 Å². The monoisotopic (exact) mass is 436 g/mol. The molecule has 0 unspecified atom stereocenters. The number of halogens is 1. The molecule has 3 aromatic rings. The number of benzene rings is 1. The molecule has 3 rings (SSSR count). The first-order valence-corrected chi connectivity index (χ1v) is 10.5. The predicted octanol–water partition coefficient (Wildman–Crippen LogP) is 2.46. The number of aliphatic hydroxyl groups is 1. The topological polar surface area (TPSA) is 136 Å². The Labute approximate surface area is 173 Å². The average molecular weight is 437 g/mol. The van der Waals surface area contributed by atoms with E-state index in [0.29, 0.717) is 34.1 Å². The van der Waals surface area contributed by atoms with Crippen molar-refractivity contribution in [1.29, 1.82) is 0 Å². The van der Waals surface area contributed by atoms with Crippen LogP contribution in [0.25, 0.3) is 11.3 Å². The fourth-order valence-corrected chi connectivity index (χ4v) is 3.47. The molecule has 0 aliphatic rings. The van der Waals surface area contributed by atoms with Crippen molar-refractivity contribution in [3.05, 3.63) is 47.4 Å². The Hall–Kier alpha value is -2.53. The zero-order valence-electron chi connectivity index (χ0n) is 16.1. The summed E-state index contributed by atoms with van der Waals surface area (Å²) in [5.74, 6) is 0.283. The fourth-order valence-electron chi connectivity index (χ4n) is 2.67. The first-order valence-electron chi connectivity index (χ1n) is 8.61. The minimum absolute atomic E-state index is 0.0254. The van der Waals surface area contributed by atoms with Crippen LogP contribution in [0, 0.1) is 6.92 Å². The van der Waals surface area contributed by atoms with Crippen LogP contribution in [0.5, 0.6) is 0 Å². The van der Waals surface area contributed by atoms with Crippen molar-refractivity contribution in [3.8, 4) is 11.3 Å². The van der Waals surface area contributed by atoms with Gasteiger partial charge in [0.1, 0.15) is 0 Å². The van der Waals surface area contributed by atoms with E-state index in [0.717, 1.165) is 0 Å². The lowest BCUT2D eigenvalue weighted by Gasteiger charge is -2.16. The van der Waals surface area contributed by atoms with Crippen molar-refractivity contribution in [1.82, 2.24) is 19.7 Å². The molecule has 0 saturated heterocycles. The average Bonchev–Trinajstić information content (AvgIpc) is 3.03. The number of aryl methyl sites for hydroxylation is 1. The van der Waals surface area contributed by atoms with Crippen LogP contribution in [0.3, 0.4) is 0 Å². The molecule has 0 saturated carbocycles. The first kappa shape index (κ1) is 21.2. The van der Waals surface area contributed by atoms with Gasteiger partial charge in [0.05, 0.1) is 40.2 Å². The molecular formula is C18H21ClN6O3S. The third-order valence-electron chi connectivity index (χ3n) is 3.97. The third-order valence-corrected chi connectivity index (χ3v) is 5.16.